The zero-order valence-corrected chi connectivity index (χ0v) is 7.28. The monoisotopic (exact) mass is 174 g/mol. The van der Waals surface area contributed by atoms with Gasteiger partial charge in [-0.3, -0.25) is 0 Å². The van der Waals surface area contributed by atoms with E-state index in [4.69, 9.17) is 0 Å². The Morgan fingerprint density at radius 3 is 2.62 bits per heavy atom. The van der Waals surface area contributed by atoms with Crippen LogP contribution in [0, 0.1) is 6.92 Å². The first-order valence-electron chi connectivity index (χ1n) is 4.03. The zero-order valence-electron chi connectivity index (χ0n) is 7.28. The van der Waals surface area contributed by atoms with E-state index in [-0.39, 0.29) is 0 Å². The van der Waals surface area contributed by atoms with Gasteiger partial charge in [0.05, 0.1) is 0 Å². The average molecular weight is 174 g/mol. The van der Waals surface area contributed by atoms with E-state index >= 15 is 0 Å². The summed E-state index contributed by atoms with van der Waals surface area (Å²) in [6.07, 6.45) is 1.47. The van der Waals surface area contributed by atoms with Crippen molar-refractivity contribution in [1.82, 2.24) is 15.2 Å². The highest BCUT2D eigenvalue weighted by atomic mass is 15.3. The molecule has 0 fully saturated rings. The SMILES string of the molecule is Cc1ccc(Nc2ncn[nH]2)cc1. The molecule has 2 N–H and O–H groups in total. The third-order valence-corrected chi connectivity index (χ3v) is 1.73. The number of hydrogen-bond acceptors (Lipinski definition) is 3. The molecule has 4 nitrogen and oxygen atoms in total. The maximum atomic E-state index is 3.96. The van der Waals surface area contributed by atoms with Crippen molar-refractivity contribution in [3.63, 3.8) is 0 Å². The summed E-state index contributed by atoms with van der Waals surface area (Å²) in [6.45, 7) is 2.05. The number of hydrogen-bond donors (Lipinski definition) is 2. The molecule has 0 amide bonds. The smallest absolute Gasteiger partial charge is 0.222 e. The van der Waals surface area contributed by atoms with Crippen molar-refractivity contribution < 1.29 is 0 Å². The summed E-state index contributed by atoms with van der Waals surface area (Å²) in [5.74, 6) is 0.656. The van der Waals surface area contributed by atoms with E-state index < -0.39 is 0 Å². The Kier molecular flexibility index (Phi) is 1.96. The molecule has 1 aromatic carbocycles. The van der Waals surface area contributed by atoms with Crippen molar-refractivity contribution in [3.05, 3.63) is 36.2 Å². The van der Waals surface area contributed by atoms with E-state index in [2.05, 4.69) is 27.4 Å². The molecule has 66 valence electrons. The first-order valence-corrected chi connectivity index (χ1v) is 4.03. The molecule has 1 aromatic heterocycles. The highest BCUT2D eigenvalue weighted by Gasteiger charge is 1.94. The predicted octanol–water partition coefficient (Wildman–Crippen LogP) is 1.86. The first kappa shape index (κ1) is 7.79. The van der Waals surface area contributed by atoms with Gasteiger partial charge in [-0.15, -0.1) is 0 Å². The van der Waals surface area contributed by atoms with Crippen LogP contribution >= 0.6 is 0 Å². The minimum Gasteiger partial charge on any atom is -0.325 e. The summed E-state index contributed by atoms with van der Waals surface area (Å²) in [7, 11) is 0. The minimum atomic E-state index is 0.656. The van der Waals surface area contributed by atoms with Crippen molar-refractivity contribution in [2.45, 2.75) is 6.92 Å². The van der Waals surface area contributed by atoms with Crippen LogP contribution in [-0.2, 0) is 0 Å². The third kappa shape index (κ3) is 1.84. The molecule has 0 aliphatic heterocycles. The van der Waals surface area contributed by atoms with Crippen LogP contribution in [0.3, 0.4) is 0 Å². The molecule has 0 aliphatic rings. The second-order valence-electron chi connectivity index (χ2n) is 2.83. The molecular formula is C9H10N4. The lowest BCUT2D eigenvalue weighted by atomic mass is 10.2. The van der Waals surface area contributed by atoms with E-state index in [1.165, 1.54) is 11.9 Å². The zero-order chi connectivity index (χ0) is 9.10. The van der Waals surface area contributed by atoms with Crippen LogP contribution in [0.5, 0.6) is 0 Å². The standard InChI is InChI=1S/C9H10N4/c1-7-2-4-8(5-3-7)12-9-10-6-11-13-9/h2-6H,1H3,(H2,10,11,12,13). The lowest BCUT2D eigenvalue weighted by Gasteiger charge is -2.01. The lowest BCUT2D eigenvalue weighted by Crippen LogP contribution is -1.91. The van der Waals surface area contributed by atoms with Gasteiger partial charge in [-0.2, -0.15) is 10.1 Å². The van der Waals surface area contributed by atoms with Gasteiger partial charge in [0.1, 0.15) is 6.33 Å². The van der Waals surface area contributed by atoms with Crippen molar-refractivity contribution in [2.24, 2.45) is 0 Å². The van der Waals surface area contributed by atoms with Crippen LogP contribution in [0.4, 0.5) is 11.6 Å². The van der Waals surface area contributed by atoms with Crippen LogP contribution in [0.1, 0.15) is 5.56 Å². The van der Waals surface area contributed by atoms with Crippen molar-refractivity contribution in [2.75, 3.05) is 5.32 Å². The van der Waals surface area contributed by atoms with E-state index in [1.807, 2.05) is 24.3 Å². The fraction of sp³-hybridized carbons (Fsp3) is 0.111. The molecule has 2 aromatic rings. The second-order valence-corrected chi connectivity index (χ2v) is 2.83. The van der Waals surface area contributed by atoms with E-state index in [1.54, 1.807) is 0 Å². The fourth-order valence-electron chi connectivity index (χ4n) is 1.04. The first-order chi connectivity index (χ1) is 6.34. The molecule has 0 atom stereocenters. The highest BCUT2D eigenvalue weighted by molar-refractivity contribution is 5.52. The topological polar surface area (TPSA) is 53.6 Å². The minimum absolute atomic E-state index is 0.656. The largest absolute Gasteiger partial charge is 0.325 e. The lowest BCUT2D eigenvalue weighted by molar-refractivity contribution is 1.09. The third-order valence-electron chi connectivity index (χ3n) is 1.73. The fourth-order valence-corrected chi connectivity index (χ4v) is 1.04. The summed E-state index contributed by atoms with van der Waals surface area (Å²) < 4.78 is 0. The molecule has 1 heterocycles. The molecule has 0 spiro atoms. The van der Waals surface area contributed by atoms with Gasteiger partial charge in [0, 0.05) is 5.69 Å². The molecule has 0 unspecified atom stereocenters. The molecular weight excluding hydrogens is 164 g/mol. The van der Waals surface area contributed by atoms with Crippen LogP contribution in [0.25, 0.3) is 0 Å². The van der Waals surface area contributed by atoms with Crippen molar-refractivity contribution >= 4 is 11.6 Å². The molecule has 2 rings (SSSR count). The summed E-state index contributed by atoms with van der Waals surface area (Å²) >= 11 is 0. The molecule has 0 saturated heterocycles. The molecule has 4 heteroatoms. The number of aryl methyl sites for hydroxylation is 1. The van der Waals surface area contributed by atoms with Crippen LogP contribution < -0.4 is 5.32 Å². The number of rotatable bonds is 2. The Labute approximate surface area is 76.0 Å². The molecule has 0 bridgehead atoms. The average Bonchev–Trinajstić information content (AvgIpc) is 2.62. The quantitative estimate of drug-likeness (QED) is 0.730. The van der Waals surface area contributed by atoms with Crippen molar-refractivity contribution in [3.8, 4) is 0 Å². The summed E-state index contributed by atoms with van der Waals surface area (Å²) in [5, 5.41) is 9.55. The summed E-state index contributed by atoms with van der Waals surface area (Å²) in [4.78, 5) is 3.96. The van der Waals surface area contributed by atoms with Gasteiger partial charge in [-0.1, -0.05) is 17.7 Å². The predicted molar refractivity (Wildman–Crippen MR) is 50.8 cm³/mol. The van der Waals surface area contributed by atoms with Crippen LogP contribution in [0.15, 0.2) is 30.6 Å². The van der Waals surface area contributed by atoms with Gasteiger partial charge in [-0.25, -0.2) is 5.10 Å². The van der Waals surface area contributed by atoms with Gasteiger partial charge in [0.2, 0.25) is 5.95 Å². The van der Waals surface area contributed by atoms with Gasteiger partial charge in [0.25, 0.3) is 0 Å². The van der Waals surface area contributed by atoms with E-state index in [9.17, 15) is 0 Å². The maximum Gasteiger partial charge on any atom is 0.222 e. The van der Waals surface area contributed by atoms with E-state index in [0.29, 0.717) is 5.95 Å². The Hall–Kier alpha value is -1.84. The second kappa shape index (κ2) is 3.26. The number of aromatic amines is 1. The van der Waals surface area contributed by atoms with Gasteiger partial charge < -0.3 is 5.32 Å². The molecule has 0 saturated carbocycles. The molecule has 0 radical (unpaired) electrons. The highest BCUT2D eigenvalue weighted by Crippen LogP contribution is 2.12. The maximum absolute atomic E-state index is 3.96. The van der Waals surface area contributed by atoms with Gasteiger partial charge in [0.15, 0.2) is 0 Å². The molecule has 13 heavy (non-hydrogen) atoms. The Morgan fingerprint density at radius 1 is 1.23 bits per heavy atom. The number of aromatic nitrogens is 3. The van der Waals surface area contributed by atoms with Crippen LogP contribution in [0.2, 0.25) is 0 Å². The number of nitrogens with one attached hydrogen (secondary N) is 2. The van der Waals surface area contributed by atoms with Crippen molar-refractivity contribution in [1.29, 1.82) is 0 Å². The summed E-state index contributed by atoms with van der Waals surface area (Å²) in [5.41, 5.74) is 2.24. The number of benzene rings is 1. The van der Waals surface area contributed by atoms with Gasteiger partial charge >= 0.3 is 0 Å². The van der Waals surface area contributed by atoms with E-state index in [0.717, 1.165) is 5.69 Å². The number of H-pyrrole nitrogens is 1. The number of anilines is 2. The Morgan fingerprint density at radius 2 is 2.00 bits per heavy atom. The van der Waals surface area contributed by atoms with Gasteiger partial charge in [-0.05, 0) is 19.1 Å². The normalized spacial score (nSPS) is 9.92. The van der Waals surface area contributed by atoms with Crippen LogP contribution in [-0.4, -0.2) is 15.2 Å². The number of nitrogens with zero attached hydrogens (tertiary/aromatic N) is 2. The summed E-state index contributed by atoms with van der Waals surface area (Å²) in [6, 6.07) is 8.08. The Balaban J connectivity index is 2.15. The Bertz CT molecular complexity index is 363. The molecule has 0 aliphatic carbocycles.